The Kier molecular flexibility index (Phi) is 5.58. The summed E-state index contributed by atoms with van der Waals surface area (Å²) in [4.78, 5) is 30.9. The van der Waals surface area contributed by atoms with Gasteiger partial charge in [0.15, 0.2) is 5.82 Å². The van der Waals surface area contributed by atoms with Crippen LogP contribution in [0.25, 0.3) is 0 Å². The molecule has 1 aliphatic rings. The first-order valence-electron chi connectivity index (χ1n) is 8.78. The zero-order chi connectivity index (χ0) is 19.4. The van der Waals surface area contributed by atoms with Gasteiger partial charge in [0, 0.05) is 26.7 Å². The number of ether oxygens (including phenoxy) is 1. The summed E-state index contributed by atoms with van der Waals surface area (Å²) in [7, 11) is 3.19. The highest BCUT2D eigenvalue weighted by molar-refractivity contribution is 5.82. The van der Waals surface area contributed by atoms with Gasteiger partial charge in [0.05, 0.1) is 18.9 Å². The molecule has 0 saturated carbocycles. The molecule has 1 saturated heterocycles. The van der Waals surface area contributed by atoms with Crippen molar-refractivity contribution in [1.29, 1.82) is 0 Å². The van der Waals surface area contributed by atoms with E-state index in [1.807, 2.05) is 24.3 Å². The molecule has 9 heteroatoms. The molecule has 2 aromatic rings. The van der Waals surface area contributed by atoms with E-state index in [0.29, 0.717) is 31.3 Å². The molecule has 144 valence electrons. The second-order valence-electron chi connectivity index (χ2n) is 6.52. The minimum absolute atomic E-state index is 0.120. The zero-order valence-electron chi connectivity index (χ0n) is 15.7. The highest BCUT2D eigenvalue weighted by Crippen LogP contribution is 2.31. The lowest BCUT2D eigenvalue weighted by atomic mass is 9.94. The van der Waals surface area contributed by atoms with Crippen LogP contribution in [0, 0.1) is 12.8 Å². The number of benzene rings is 1. The predicted molar refractivity (Wildman–Crippen MR) is 98.2 cm³/mol. The zero-order valence-corrected chi connectivity index (χ0v) is 15.7. The van der Waals surface area contributed by atoms with Crippen molar-refractivity contribution >= 4 is 11.9 Å². The van der Waals surface area contributed by atoms with Gasteiger partial charge in [0.25, 0.3) is 0 Å². The first-order valence-corrected chi connectivity index (χ1v) is 8.78. The maximum atomic E-state index is 12.6. The Morgan fingerprint density at radius 2 is 2.19 bits per heavy atom. The minimum atomic E-state index is -0.382. The van der Waals surface area contributed by atoms with Gasteiger partial charge < -0.3 is 20.3 Å². The number of H-pyrrole nitrogens is 1. The molecule has 1 aliphatic heterocycles. The number of carbonyl (C=O) groups excluding carboxylic acids is 2. The Bertz CT molecular complexity index is 821. The van der Waals surface area contributed by atoms with Crippen LogP contribution in [0.5, 0.6) is 5.75 Å². The standard InChI is InChI=1S/C18H24N6O3/c1-11-21-16(23-22-11)14-9-24(10-15(14)17(25)19-2)18(26)20-8-12-5-4-6-13(7-12)27-3/h4-7,14-15H,8-10H2,1-3H3,(H,19,25)(H,20,26)(H,21,22,23)/t14-,15-/m1/s1. The van der Waals surface area contributed by atoms with Gasteiger partial charge in [-0.15, -0.1) is 0 Å². The fraction of sp³-hybridized carbons (Fsp3) is 0.444. The van der Waals surface area contributed by atoms with Gasteiger partial charge in [0.1, 0.15) is 11.6 Å². The normalized spacial score (nSPS) is 19.0. The molecule has 1 aromatic carbocycles. The number of rotatable bonds is 5. The molecule has 3 amide bonds. The van der Waals surface area contributed by atoms with Crippen LogP contribution in [-0.2, 0) is 11.3 Å². The van der Waals surface area contributed by atoms with Crippen molar-refractivity contribution in [3.05, 3.63) is 41.5 Å². The Morgan fingerprint density at radius 3 is 2.85 bits per heavy atom. The monoisotopic (exact) mass is 372 g/mol. The van der Waals surface area contributed by atoms with Crippen molar-refractivity contribution < 1.29 is 14.3 Å². The van der Waals surface area contributed by atoms with E-state index >= 15 is 0 Å². The lowest BCUT2D eigenvalue weighted by molar-refractivity contribution is -0.124. The number of aromatic nitrogens is 3. The fourth-order valence-corrected chi connectivity index (χ4v) is 3.28. The van der Waals surface area contributed by atoms with E-state index < -0.39 is 0 Å². The fourth-order valence-electron chi connectivity index (χ4n) is 3.28. The molecule has 3 N–H and O–H groups in total. The molecular formula is C18H24N6O3. The molecule has 0 radical (unpaired) electrons. The average molecular weight is 372 g/mol. The highest BCUT2D eigenvalue weighted by atomic mass is 16.5. The lowest BCUT2D eigenvalue weighted by Gasteiger charge is -2.17. The van der Waals surface area contributed by atoms with Crippen LogP contribution >= 0.6 is 0 Å². The Morgan fingerprint density at radius 1 is 1.37 bits per heavy atom. The summed E-state index contributed by atoms with van der Waals surface area (Å²) in [5, 5.41) is 12.5. The van der Waals surface area contributed by atoms with E-state index in [1.54, 1.807) is 26.0 Å². The number of hydrogen-bond acceptors (Lipinski definition) is 5. The summed E-state index contributed by atoms with van der Waals surface area (Å²) in [5.74, 6) is 1.24. The number of methoxy groups -OCH3 is 1. The Labute approximate surface area is 157 Å². The van der Waals surface area contributed by atoms with Crippen molar-refractivity contribution in [2.75, 3.05) is 27.2 Å². The summed E-state index contributed by atoms with van der Waals surface area (Å²) in [6.45, 7) is 2.89. The Balaban J connectivity index is 1.67. The van der Waals surface area contributed by atoms with Gasteiger partial charge >= 0.3 is 6.03 Å². The molecule has 2 heterocycles. The molecule has 0 aliphatic carbocycles. The SMILES string of the molecule is CNC(=O)[C@@H]1CN(C(=O)NCc2cccc(OC)c2)C[C@H]1c1n[nH]c(C)n1. The van der Waals surface area contributed by atoms with Gasteiger partial charge in [-0.3, -0.25) is 9.89 Å². The predicted octanol–water partition coefficient (Wildman–Crippen LogP) is 0.793. The number of nitrogens with zero attached hydrogens (tertiary/aromatic N) is 3. The van der Waals surface area contributed by atoms with Crippen LogP contribution < -0.4 is 15.4 Å². The highest BCUT2D eigenvalue weighted by Gasteiger charge is 2.42. The second-order valence-corrected chi connectivity index (χ2v) is 6.52. The van der Waals surface area contributed by atoms with E-state index in [0.717, 1.165) is 11.3 Å². The maximum Gasteiger partial charge on any atom is 0.317 e. The van der Waals surface area contributed by atoms with Crippen molar-refractivity contribution in [3.63, 3.8) is 0 Å². The Hall–Kier alpha value is -3.10. The van der Waals surface area contributed by atoms with E-state index in [1.165, 1.54) is 0 Å². The molecule has 0 spiro atoms. The van der Waals surface area contributed by atoms with Crippen LogP contribution in [0.4, 0.5) is 4.79 Å². The number of urea groups is 1. The first kappa shape index (κ1) is 18.7. The van der Waals surface area contributed by atoms with Gasteiger partial charge in [-0.1, -0.05) is 12.1 Å². The molecule has 0 unspecified atom stereocenters. The van der Waals surface area contributed by atoms with Crippen molar-refractivity contribution in [2.24, 2.45) is 5.92 Å². The topological polar surface area (TPSA) is 112 Å². The minimum Gasteiger partial charge on any atom is -0.497 e. The van der Waals surface area contributed by atoms with Crippen molar-refractivity contribution in [1.82, 2.24) is 30.7 Å². The molecule has 1 aromatic heterocycles. The third-order valence-corrected chi connectivity index (χ3v) is 4.71. The molecule has 27 heavy (non-hydrogen) atoms. The van der Waals surface area contributed by atoms with Crippen LogP contribution in [0.15, 0.2) is 24.3 Å². The maximum absolute atomic E-state index is 12.6. The number of carbonyl (C=O) groups is 2. The number of hydrogen-bond donors (Lipinski definition) is 3. The van der Waals surface area contributed by atoms with E-state index in [-0.39, 0.29) is 23.8 Å². The summed E-state index contributed by atoms with van der Waals surface area (Å²) >= 11 is 0. The van der Waals surface area contributed by atoms with Crippen LogP contribution in [-0.4, -0.2) is 59.3 Å². The smallest absolute Gasteiger partial charge is 0.317 e. The summed E-state index contributed by atoms with van der Waals surface area (Å²) in [6, 6.07) is 7.29. The number of aromatic amines is 1. The molecule has 1 fully saturated rings. The number of likely N-dealkylation sites (tertiary alicyclic amines) is 1. The molecular weight excluding hydrogens is 348 g/mol. The second kappa shape index (κ2) is 8.07. The van der Waals surface area contributed by atoms with E-state index in [4.69, 9.17) is 4.74 Å². The van der Waals surface area contributed by atoms with Crippen LogP contribution in [0.3, 0.4) is 0 Å². The summed E-state index contributed by atoms with van der Waals surface area (Å²) in [5.41, 5.74) is 0.936. The van der Waals surface area contributed by atoms with Crippen LogP contribution in [0.1, 0.15) is 23.1 Å². The van der Waals surface area contributed by atoms with Crippen LogP contribution in [0.2, 0.25) is 0 Å². The average Bonchev–Trinajstić information content (AvgIpc) is 3.32. The lowest BCUT2D eigenvalue weighted by Crippen LogP contribution is -2.39. The molecule has 0 bridgehead atoms. The van der Waals surface area contributed by atoms with Crippen molar-refractivity contribution in [2.45, 2.75) is 19.4 Å². The number of amides is 3. The van der Waals surface area contributed by atoms with Gasteiger partial charge in [-0.25, -0.2) is 9.78 Å². The number of nitrogens with one attached hydrogen (secondary N) is 3. The summed E-state index contributed by atoms with van der Waals surface area (Å²) < 4.78 is 5.19. The molecule has 3 rings (SSSR count). The van der Waals surface area contributed by atoms with E-state index in [2.05, 4.69) is 25.8 Å². The van der Waals surface area contributed by atoms with Crippen molar-refractivity contribution in [3.8, 4) is 5.75 Å². The van der Waals surface area contributed by atoms with Gasteiger partial charge in [-0.05, 0) is 24.6 Å². The molecule has 9 nitrogen and oxygen atoms in total. The van der Waals surface area contributed by atoms with E-state index in [9.17, 15) is 9.59 Å². The summed E-state index contributed by atoms with van der Waals surface area (Å²) in [6.07, 6.45) is 0. The third kappa shape index (κ3) is 4.18. The largest absolute Gasteiger partial charge is 0.497 e. The molecule has 2 atom stereocenters. The quantitative estimate of drug-likeness (QED) is 0.718. The number of aryl methyl sites for hydroxylation is 1. The van der Waals surface area contributed by atoms with Gasteiger partial charge in [0.2, 0.25) is 5.91 Å². The first-order chi connectivity index (χ1) is 13.0. The third-order valence-electron chi connectivity index (χ3n) is 4.71. The van der Waals surface area contributed by atoms with Gasteiger partial charge in [-0.2, -0.15) is 5.10 Å².